The molecule has 0 aliphatic heterocycles. The molecule has 6 aromatic carbocycles. The molecule has 6 heteroatoms. The van der Waals surface area contributed by atoms with Crippen LogP contribution in [0.1, 0.15) is 0 Å². The molecule has 5 nitrogen and oxygen atoms in total. The summed E-state index contributed by atoms with van der Waals surface area (Å²) in [5.74, 6) is 0.708. The third-order valence-corrected chi connectivity index (χ3v) is 9.03. The Bertz CT molecular complexity index is 2480. The molecule has 0 aliphatic carbocycles. The molecule has 0 saturated heterocycles. The Morgan fingerprint density at radius 2 is 1.11 bits per heavy atom. The number of para-hydroxylation sites is 1. The number of hydrogen-bond acceptors (Lipinski definition) is 5. The van der Waals surface area contributed by atoms with Crippen molar-refractivity contribution in [3.63, 3.8) is 0 Å². The van der Waals surface area contributed by atoms with Gasteiger partial charge in [0.15, 0.2) is 5.82 Å². The summed E-state index contributed by atoms with van der Waals surface area (Å²) < 4.78 is 11.5. The van der Waals surface area contributed by atoms with Crippen LogP contribution in [0.2, 0.25) is 0 Å². The molecule has 9 aromatic rings. The van der Waals surface area contributed by atoms with Gasteiger partial charge in [-0.1, -0.05) is 109 Å². The van der Waals surface area contributed by atoms with Gasteiger partial charge in [-0.15, -0.1) is 0 Å². The van der Waals surface area contributed by atoms with Crippen molar-refractivity contribution in [3.05, 3.63) is 152 Å². The van der Waals surface area contributed by atoms with E-state index in [-0.39, 0.29) is 0 Å². The van der Waals surface area contributed by atoms with E-state index in [9.17, 15) is 0 Å². The second kappa shape index (κ2) is 10.9. The molecular weight excluding hydrogens is 583 g/mol. The summed E-state index contributed by atoms with van der Waals surface area (Å²) >= 11 is 1.26. The monoisotopic (exact) mass is 607 g/mol. The minimum Gasteiger partial charge on any atom is -0.309 e. The van der Waals surface area contributed by atoms with Gasteiger partial charge in [-0.3, -0.25) is 0 Å². The predicted molar refractivity (Wildman–Crippen MR) is 189 cm³/mol. The topological polar surface area (TPSA) is 56.5 Å². The maximum Gasteiger partial charge on any atom is 0.160 e. The highest BCUT2D eigenvalue weighted by Crippen LogP contribution is 2.37. The highest BCUT2D eigenvalue weighted by molar-refractivity contribution is 7.00. The molecular formula is C40H25N5S. The van der Waals surface area contributed by atoms with E-state index in [0.717, 1.165) is 72.3 Å². The van der Waals surface area contributed by atoms with Gasteiger partial charge in [0.25, 0.3) is 0 Å². The third-order valence-electron chi connectivity index (χ3n) is 8.48. The fraction of sp³-hybridized carbons (Fsp3) is 0. The van der Waals surface area contributed by atoms with Crippen molar-refractivity contribution in [2.75, 3.05) is 0 Å². The highest BCUT2D eigenvalue weighted by atomic mass is 32.1. The Hall–Kier alpha value is -5.98. The van der Waals surface area contributed by atoms with Crippen LogP contribution in [0.25, 0.3) is 83.6 Å². The number of benzene rings is 6. The molecule has 0 radical (unpaired) electrons. The molecule has 0 bridgehead atoms. The van der Waals surface area contributed by atoms with Gasteiger partial charge in [-0.25, -0.2) is 9.97 Å². The van der Waals surface area contributed by atoms with Crippen LogP contribution in [0.5, 0.6) is 0 Å². The van der Waals surface area contributed by atoms with Crippen LogP contribution in [0, 0.1) is 0 Å². The van der Waals surface area contributed by atoms with Gasteiger partial charge in [-0.05, 0) is 53.6 Å². The Morgan fingerprint density at radius 3 is 1.93 bits per heavy atom. The van der Waals surface area contributed by atoms with Crippen LogP contribution in [-0.4, -0.2) is 23.3 Å². The lowest BCUT2D eigenvalue weighted by molar-refractivity contribution is 1.18. The van der Waals surface area contributed by atoms with E-state index < -0.39 is 0 Å². The molecule has 0 N–H and O–H groups in total. The number of rotatable bonds is 5. The zero-order chi connectivity index (χ0) is 30.5. The quantitative estimate of drug-likeness (QED) is 0.195. The van der Waals surface area contributed by atoms with Crippen LogP contribution in [0.4, 0.5) is 0 Å². The third kappa shape index (κ3) is 4.47. The predicted octanol–water partition coefficient (Wildman–Crippen LogP) is 10.2. The lowest BCUT2D eigenvalue weighted by Gasteiger charge is -2.12. The van der Waals surface area contributed by atoms with E-state index >= 15 is 0 Å². The summed E-state index contributed by atoms with van der Waals surface area (Å²) in [6, 6.07) is 52.7. The maximum absolute atomic E-state index is 5.06. The summed E-state index contributed by atoms with van der Waals surface area (Å²) in [6.07, 6.45) is 0. The summed E-state index contributed by atoms with van der Waals surface area (Å²) in [6.45, 7) is 0. The zero-order valence-electron chi connectivity index (χ0n) is 24.6. The van der Waals surface area contributed by atoms with Gasteiger partial charge in [-0.2, -0.15) is 8.75 Å². The van der Waals surface area contributed by atoms with E-state index in [2.05, 4.69) is 129 Å². The van der Waals surface area contributed by atoms with Gasteiger partial charge >= 0.3 is 0 Å². The molecule has 0 fully saturated rings. The van der Waals surface area contributed by atoms with Gasteiger partial charge < -0.3 is 4.57 Å². The number of nitrogens with zero attached hydrogens (tertiary/aromatic N) is 5. The van der Waals surface area contributed by atoms with Crippen molar-refractivity contribution >= 4 is 44.6 Å². The van der Waals surface area contributed by atoms with Crippen molar-refractivity contribution in [1.29, 1.82) is 0 Å². The second-order valence-electron chi connectivity index (χ2n) is 11.3. The Kier molecular flexibility index (Phi) is 6.25. The van der Waals surface area contributed by atoms with E-state index in [4.69, 9.17) is 9.97 Å². The average molecular weight is 608 g/mol. The fourth-order valence-corrected chi connectivity index (χ4v) is 6.87. The van der Waals surface area contributed by atoms with Gasteiger partial charge in [0.2, 0.25) is 0 Å². The first-order chi connectivity index (χ1) is 22.8. The Balaban J connectivity index is 1.18. The van der Waals surface area contributed by atoms with E-state index in [0.29, 0.717) is 5.82 Å². The smallest absolute Gasteiger partial charge is 0.160 e. The maximum atomic E-state index is 5.06. The normalized spacial score (nSPS) is 11.5. The highest BCUT2D eigenvalue weighted by Gasteiger charge is 2.17. The average Bonchev–Trinajstić information content (AvgIpc) is 3.75. The van der Waals surface area contributed by atoms with Crippen LogP contribution in [-0.2, 0) is 0 Å². The van der Waals surface area contributed by atoms with E-state index in [1.807, 2.05) is 36.4 Å². The summed E-state index contributed by atoms with van der Waals surface area (Å²) in [5.41, 5.74) is 12.4. The van der Waals surface area contributed by atoms with Crippen LogP contribution < -0.4 is 0 Å². The molecule has 216 valence electrons. The van der Waals surface area contributed by atoms with Crippen molar-refractivity contribution in [2.45, 2.75) is 0 Å². The fourth-order valence-electron chi connectivity index (χ4n) is 6.33. The van der Waals surface area contributed by atoms with Crippen LogP contribution in [0.3, 0.4) is 0 Å². The molecule has 0 atom stereocenters. The standard InChI is InChI=1S/C40H25N5S/c1-3-11-26(12-4-1)34-25-35(42-40(41-34)27-13-5-2-6-14-27)30-17-9-15-28(23-30)29-16-10-18-31(24-29)45-36-20-8-7-19-32(36)38-37(45)22-21-33-39(38)44-46-43-33/h1-25H. The Morgan fingerprint density at radius 1 is 0.457 bits per heavy atom. The van der Waals surface area contributed by atoms with Crippen molar-refractivity contribution in [2.24, 2.45) is 0 Å². The molecule has 3 aromatic heterocycles. The second-order valence-corrected chi connectivity index (χ2v) is 11.8. The number of aromatic nitrogens is 5. The minimum absolute atomic E-state index is 0.708. The van der Waals surface area contributed by atoms with Gasteiger partial charge in [0, 0.05) is 33.2 Å². The van der Waals surface area contributed by atoms with Crippen molar-refractivity contribution in [1.82, 2.24) is 23.3 Å². The summed E-state index contributed by atoms with van der Waals surface area (Å²) in [4.78, 5) is 10.0. The minimum atomic E-state index is 0.708. The zero-order valence-corrected chi connectivity index (χ0v) is 25.4. The van der Waals surface area contributed by atoms with Crippen LogP contribution in [0.15, 0.2) is 152 Å². The number of hydrogen-bond donors (Lipinski definition) is 0. The summed E-state index contributed by atoms with van der Waals surface area (Å²) in [5, 5.41) is 2.32. The summed E-state index contributed by atoms with van der Waals surface area (Å²) in [7, 11) is 0. The van der Waals surface area contributed by atoms with E-state index in [1.165, 1.54) is 17.1 Å². The molecule has 0 unspecified atom stereocenters. The lowest BCUT2D eigenvalue weighted by atomic mass is 10.00. The Labute approximate surface area is 269 Å². The van der Waals surface area contributed by atoms with Crippen LogP contribution >= 0.6 is 11.7 Å². The first-order valence-corrected chi connectivity index (χ1v) is 15.9. The van der Waals surface area contributed by atoms with Crippen molar-refractivity contribution in [3.8, 4) is 50.7 Å². The molecule has 0 aliphatic rings. The van der Waals surface area contributed by atoms with Gasteiger partial charge in [0.05, 0.1) is 34.1 Å². The molecule has 0 amide bonds. The molecule has 0 spiro atoms. The van der Waals surface area contributed by atoms with E-state index in [1.54, 1.807) is 0 Å². The molecule has 9 rings (SSSR count). The first kappa shape index (κ1) is 26.4. The molecule has 0 saturated carbocycles. The SMILES string of the molecule is c1ccc(-c2cc(-c3cccc(-c4cccc(-n5c6ccccc6c6c7nsnc7ccc65)c4)c3)nc(-c3ccccc3)n2)cc1. The van der Waals surface area contributed by atoms with Crippen molar-refractivity contribution < 1.29 is 0 Å². The van der Waals surface area contributed by atoms with Gasteiger partial charge in [0.1, 0.15) is 11.0 Å². The number of fused-ring (bicyclic) bond motifs is 5. The lowest BCUT2D eigenvalue weighted by Crippen LogP contribution is -1.96. The first-order valence-electron chi connectivity index (χ1n) is 15.2. The molecule has 46 heavy (non-hydrogen) atoms. The molecule has 3 heterocycles. The largest absolute Gasteiger partial charge is 0.309 e.